The standard InChI is InChI=1S/C27H30ClN3O2/c1-17(2)15-16-33-22-13-9-19(10-14-22)26-23-24(18-7-11-20(28)12-8-18)29-30-25(23)27(32)31(26)21-5-3-4-6-21/h7-14,17,21,26H,3-6,15-16H2,1-2H3,(H,29,30). The SMILES string of the molecule is CC(C)CCOc1ccc(C2c3c(-c4ccc(Cl)cc4)n[nH]c3C(=O)N2C2CCCC2)cc1. The van der Waals surface area contributed by atoms with E-state index in [0.717, 1.165) is 47.4 Å². The smallest absolute Gasteiger partial charge is 0.273 e. The molecule has 1 atom stereocenters. The summed E-state index contributed by atoms with van der Waals surface area (Å²) in [6.07, 6.45) is 5.45. The van der Waals surface area contributed by atoms with Crippen LogP contribution in [0, 0.1) is 5.92 Å². The Kier molecular flexibility index (Phi) is 6.15. The van der Waals surface area contributed by atoms with E-state index in [1.807, 2.05) is 36.4 Å². The normalized spacial score (nSPS) is 18.4. The molecule has 2 aromatic carbocycles. The van der Waals surface area contributed by atoms with E-state index in [1.54, 1.807) is 0 Å². The molecule has 1 aliphatic carbocycles. The summed E-state index contributed by atoms with van der Waals surface area (Å²) in [6.45, 7) is 5.10. The first-order valence-electron chi connectivity index (χ1n) is 11.9. The van der Waals surface area contributed by atoms with E-state index in [2.05, 4.69) is 41.1 Å². The fourth-order valence-electron chi connectivity index (χ4n) is 5.04. The number of aromatic nitrogens is 2. The third-order valence-electron chi connectivity index (χ3n) is 6.80. The van der Waals surface area contributed by atoms with Crippen LogP contribution in [0.5, 0.6) is 5.75 Å². The Morgan fingerprint density at radius 3 is 2.45 bits per heavy atom. The Bertz CT molecular complexity index is 1120. The second-order valence-electron chi connectivity index (χ2n) is 9.52. The second-order valence-corrected chi connectivity index (χ2v) is 9.96. The van der Waals surface area contributed by atoms with Gasteiger partial charge in [0.25, 0.3) is 5.91 Å². The lowest BCUT2D eigenvalue weighted by Crippen LogP contribution is -2.37. The molecule has 1 fully saturated rings. The highest BCUT2D eigenvalue weighted by atomic mass is 35.5. The molecule has 33 heavy (non-hydrogen) atoms. The summed E-state index contributed by atoms with van der Waals surface area (Å²) in [7, 11) is 0. The lowest BCUT2D eigenvalue weighted by atomic mass is 9.95. The number of carbonyl (C=O) groups is 1. The van der Waals surface area contributed by atoms with E-state index in [4.69, 9.17) is 16.3 Å². The minimum atomic E-state index is -0.162. The van der Waals surface area contributed by atoms with E-state index < -0.39 is 0 Å². The fraction of sp³-hybridized carbons (Fsp3) is 0.407. The van der Waals surface area contributed by atoms with Gasteiger partial charge in [-0.3, -0.25) is 9.89 Å². The first-order valence-corrected chi connectivity index (χ1v) is 12.3. The minimum absolute atomic E-state index is 0.0480. The predicted octanol–water partition coefficient (Wildman–Crippen LogP) is 6.64. The van der Waals surface area contributed by atoms with Gasteiger partial charge in [-0.25, -0.2) is 0 Å². The number of halogens is 1. The van der Waals surface area contributed by atoms with Gasteiger partial charge in [0, 0.05) is 22.2 Å². The molecule has 3 aromatic rings. The van der Waals surface area contributed by atoms with E-state index in [0.29, 0.717) is 23.2 Å². The number of carbonyl (C=O) groups excluding carboxylic acids is 1. The zero-order chi connectivity index (χ0) is 22.9. The van der Waals surface area contributed by atoms with Crippen LogP contribution in [-0.4, -0.2) is 33.7 Å². The fourth-order valence-corrected chi connectivity index (χ4v) is 5.16. The number of hydrogen-bond acceptors (Lipinski definition) is 3. The van der Waals surface area contributed by atoms with Crippen molar-refractivity contribution in [3.05, 3.63) is 70.4 Å². The maximum atomic E-state index is 13.5. The number of nitrogens with zero attached hydrogens (tertiary/aromatic N) is 2. The van der Waals surface area contributed by atoms with Gasteiger partial charge in [-0.1, -0.05) is 62.6 Å². The number of H-pyrrole nitrogens is 1. The summed E-state index contributed by atoms with van der Waals surface area (Å²) >= 11 is 6.11. The van der Waals surface area contributed by atoms with E-state index in [1.165, 1.54) is 12.8 Å². The Labute approximate surface area is 200 Å². The van der Waals surface area contributed by atoms with Crippen molar-refractivity contribution in [3.63, 3.8) is 0 Å². The van der Waals surface area contributed by atoms with Crippen LogP contribution in [0.3, 0.4) is 0 Å². The van der Waals surface area contributed by atoms with Gasteiger partial charge < -0.3 is 9.64 Å². The number of aromatic amines is 1. The van der Waals surface area contributed by atoms with Gasteiger partial charge in [0.15, 0.2) is 0 Å². The van der Waals surface area contributed by atoms with E-state index in [-0.39, 0.29) is 18.0 Å². The van der Waals surface area contributed by atoms with Crippen LogP contribution in [0.15, 0.2) is 48.5 Å². The molecular formula is C27H30ClN3O2. The quantitative estimate of drug-likeness (QED) is 0.427. The van der Waals surface area contributed by atoms with Gasteiger partial charge >= 0.3 is 0 Å². The molecular weight excluding hydrogens is 434 g/mol. The zero-order valence-electron chi connectivity index (χ0n) is 19.2. The van der Waals surface area contributed by atoms with Crippen molar-refractivity contribution < 1.29 is 9.53 Å². The number of amides is 1. The molecule has 5 rings (SSSR count). The first kappa shape index (κ1) is 22.0. The van der Waals surface area contributed by atoms with Gasteiger partial charge in [0.05, 0.1) is 18.3 Å². The van der Waals surface area contributed by atoms with Gasteiger partial charge in [-0.15, -0.1) is 0 Å². The lowest BCUT2D eigenvalue weighted by Gasteiger charge is -2.32. The molecule has 1 N–H and O–H groups in total. The first-order chi connectivity index (χ1) is 16.0. The molecule has 6 heteroatoms. The van der Waals surface area contributed by atoms with Gasteiger partial charge in [0.1, 0.15) is 11.4 Å². The largest absolute Gasteiger partial charge is 0.494 e. The average Bonchev–Trinajstić information content (AvgIpc) is 3.53. The average molecular weight is 464 g/mol. The van der Waals surface area contributed by atoms with E-state index >= 15 is 0 Å². The molecule has 1 unspecified atom stereocenters. The third-order valence-corrected chi connectivity index (χ3v) is 7.05. The summed E-state index contributed by atoms with van der Waals surface area (Å²) in [4.78, 5) is 15.6. The maximum absolute atomic E-state index is 13.5. The van der Waals surface area contributed by atoms with Crippen LogP contribution < -0.4 is 4.74 Å². The maximum Gasteiger partial charge on any atom is 0.273 e. The highest BCUT2D eigenvalue weighted by Crippen LogP contribution is 2.46. The summed E-state index contributed by atoms with van der Waals surface area (Å²) in [5, 5.41) is 8.29. The van der Waals surface area contributed by atoms with Crippen molar-refractivity contribution in [2.24, 2.45) is 5.92 Å². The Hall–Kier alpha value is -2.79. The highest BCUT2D eigenvalue weighted by Gasteiger charge is 2.45. The number of nitrogens with one attached hydrogen (secondary N) is 1. The van der Waals surface area contributed by atoms with Crippen molar-refractivity contribution in [1.29, 1.82) is 0 Å². The Morgan fingerprint density at radius 2 is 1.79 bits per heavy atom. The van der Waals surface area contributed by atoms with Crippen molar-refractivity contribution in [2.45, 2.75) is 58.0 Å². The Balaban J connectivity index is 1.52. The number of fused-ring (bicyclic) bond motifs is 1. The summed E-state index contributed by atoms with van der Waals surface area (Å²) in [5.74, 6) is 1.52. The van der Waals surface area contributed by atoms with Crippen molar-refractivity contribution in [2.75, 3.05) is 6.61 Å². The van der Waals surface area contributed by atoms with Crippen molar-refractivity contribution in [3.8, 4) is 17.0 Å². The molecule has 2 aliphatic rings. The van der Waals surface area contributed by atoms with Crippen molar-refractivity contribution in [1.82, 2.24) is 15.1 Å². The molecule has 172 valence electrons. The van der Waals surface area contributed by atoms with Crippen LogP contribution in [0.25, 0.3) is 11.3 Å². The van der Waals surface area contributed by atoms with Gasteiger partial charge in [0.2, 0.25) is 0 Å². The molecule has 1 saturated carbocycles. The van der Waals surface area contributed by atoms with Gasteiger partial charge in [-0.05, 0) is 55.0 Å². The topological polar surface area (TPSA) is 58.2 Å². The molecule has 5 nitrogen and oxygen atoms in total. The summed E-state index contributed by atoms with van der Waals surface area (Å²) < 4.78 is 5.93. The number of rotatable bonds is 7. The Morgan fingerprint density at radius 1 is 1.09 bits per heavy atom. The zero-order valence-corrected chi connectivity index (χ0v) is 19.9. The number of benzene rings is 2. The molecule has 2 heterocycles. The van der Waals surface area contributed by atoms with Crippen LogP contribution in [-0.2, 0) is 0 Å². The van der Waals surface area contributed by atoms with E-state index in [9.17, 15) is 4.79 Å². The number of ether oxygens (including phenoxy) is 1. The summed E-state index contributed by atoms with van der Waals surface area (Å²) in [6, 6.07) is 16.0. The van der Waals surface area contributed by atoms with Gasteiger partial charge in [-0.2, -0.15) is 5.10 Å². The molecule has 0 saturated heterocycles. The monoisotopic (exact) mass is 463 g/mol. The lowest BCUT2D eigenvalue weighted by molar-refractivity contribution is 0.0660. The highest BCUT2D eigenvalue weighted by molar-refractivity contribution is 6.30. The predicted molar refractivity (Wildman–Crippen MR) is 131 cm³/mol. The molecule has 1 aromatic heterocycles. The third kappa shape index (κ3) is 4.26. The van der Waals surface area contributed by atoms with Crippen LogP contribution in [0.4, 0.5) is 0 Å². The van der Waals surface area contributed by atoms with Crippen LogP contribution >= 0.6 is 11.6 Å². The minimum Gasteiger partial charge on any atom is -0.494 e. The molecule has 0 radical (unpaired) electrons. The van der Waals surface area contributed by atoms with Crippen LogP contribution in [0.1, 0.15) is 73.6 Å². The summed E-state index contributed by atoms with van der Waals surface area (Å²) in [5.41, 5.74) is 4.42. The van der Waals surface area contributed by atoms with Crippen molar-refractivity contribution >= 4 is 17.5 Å². The molecule has 0 spiro atoms. The second kappa shape index (κ2) is 9.22. The molecule has 0 bridgehead atoms. The molecule has 1 aliphatic heterocycles. The molecule has 1 amide bonds. The number of hydrogen-bond donors (Lipinski definition) is 1. The van der Waals surface area contributed by atoms with Crippen LogP contribution in [0.2, 0.25) is 5.02 Å².